The third kappa shape index (κ3) is 4.12. The Labute approximate surface area is 155 Å². The summed E-state index contributed by atoms with van der Waals surface area (Å²) in [7, 11) is 3.53. The van der Waals surface area contributed by atoms with Crippen LogP contribution in [0.15, 0.2) is 39.7 Å². The fourth-order valence-corrected chi connectivity index (χ4v) is 3.34. The molecule has 0 amide bonds. The third-order valence-electron chi connectivity index (χ3n) is 4.81. The Bertz CT molecular complexity index is 744. The third-order valence-corrected chi connectivity index (χ3v) is 4.81. The second-order valence-corrected chi connectivity index (χ2v) is 6.51. The zero-order valence-corrected chi connectivity index (χ0v) is 16.1. The molecule has 0 aliphatic carbocycles. The lowest BCUT2D eigenvalue weighted by Crippen LogP contribution is -2.52. The maximum absolute atomic E-state index is 5.60. The molecule has 1 aliphatic heterocycles. The molecular weight excluding hydrogens is 328 g/mol. The van der Waals surface area contributed by atoms with Gasteiger partial charge in [0.15, 0.2) is 5.96 Å². The summed E-state index contributed by atoms with van der Waals surface area (Å²) >= 11 is 0. The van der Waals surface area contributed by atoms with Crippen LogP contribution >= 0.6 is 0 Å². The molecule has 26 heavy (non-hydrogen) atoms. The molecule has 140 valence electrons. The summed E-state index contributed by atoms with van der Waals surface area (Å²) in [5.74, 6) is 3.75. The number of piperazine rings is 1. The topological polar surface area (TPSA) is 53.2 Å². The van der Waals surface area contributed by atoms with Crippen LogP contribution in [-0.2, 0) is 6.54 Å². The number of benzene rings is 1. The molecule has 1 aromatic carbocycles. The SMILES string of the molecule is CN=C(NCc1cc(C)oc1C)N1CCN(c2ccc(OC)cc2)CC1. The van der Waals surface area contributed by atoms with Crippen LogP contribution in [0.3, 0.4) is 0 Å². The minimum Gasteiger partial charge on any atom is -0.497 e. The van der Waals surface area contributed by atoms with E-state index in [0.29, 0.717) is 0 Å². The number of ether oxygens (including phenoxy) is 1. The number of hydrogen-bond donors (Lipinski definition) is 1. The maximum atomic E-state index is 5.60. The number of aliphatic imine (C=N–C) groups is 1. The van der Waals surface area contributed by atoms with Crippen LogP contribution in [0.5, 0.6) is 5.75 Å². The van der Waals surface area contributed by atoms with Gasteiger partial charge in [0.2, 0.25) is 0 Å². The predicted octanol–water partition coefficient (Wildman–Crippen LogP) is 2.80. The van der Waals surface area contributed by atoms with Crippen molar-refractivity contribution >= 4 is 11.6 Å². The Kier molecular flexibility index (Phi) is 5.71. The van der Waals surface area contributed by atoms with Crippen molar-refractivity contribution in [2.75, 3.05) is 45.2 Å². The van der Waals surface area contributed by atoms with Crippen LogP contribution in [0.25, 0.3) is 0 Å². The summed E-state index contributed by atoms with van der Waals surface area (Å²) in [5, 5.41) is 3.46. The first kappa shape index (κ1) is 18.2. The lowest BCUT2D eigenvalue weighted by Gasteiger charge is -2.37. The monoisotopic (exact) mass is 356 g/mol. The number of aryl methyl sites for hydroxylation is 2. The van der Waals surface area contributed by atoms with Crippen LogP contribution in [0.1, 0.15) is 17.1 Å². The van der Waals surface area contributed by atoms with Crippen LogP contribution in [0.4, 0.5) is 5.69 Å². The molecule has 0 spiro atoms. The first-order valence-electron chi connectivity index (χ1n) is 9.01. The number of guanidine groups is 1. The molecule has 2 aromatic rings. The average molecular weight is 356 g/mol. The molecule has 2 heterocycles. The van der Waals surface area contributed by atoms with Crippen molar-refractivity contribution in [1.29, 1.82) is 0 Å². The Balaban J connectivity index is 1.54. The van der Waals surface area contributed by atoms with Gasteiger partial charge in [0, 0.05) is 51.0 Å². The maximum Gasteiger partial charge on any atom is 0.194 e. The summed E-state index contributed by atoms with van der Waals surface area (Å²) in [4.78, 5) is 9.15. The van der Waals surface area contributed by atoms with E-state index in [-0.39, 0.29) is 0 Å². The van der Waals surface area contributed by atoms with E-state index in [1.54, 1.807) is 7.11 Å². The zero-order valence-electron chi connectivity index (χ0n) is 16.1. The van der Waals surface area contributed by atoms with Gasteiger partial charge in [0.05, 0.1) is 7.11 Å². The van der Waals surface area contributed by atoms with E-state index in [4.69, 9.17) is 9.15 Å². The molecule has 1 saturated heterocycles. The summed E-state index contributed by atoms with van der Waals surface area (Å²) in [6.07, 6.45) is 0. The van der Waals surface area contributed by atoms with Gasteiger partial charge in [0.1, 0.15) is 17.3 Å². The first-order valence-corrected chi connectivity index (χ1v) is 9.01. The van der Waals surface area contributed by atoms with Gasteiger partial charge in [-0.25, -0.2) is 0 Å². The number of hydrogen-bond acceptors (Lipinski definition) is 4. The quantitative estimate of drug-likeness (QED) is 0.674. The van der Waals surface area contributed by atoms with Crippen molar-refractivity contribution in [2.24, 2.45) is 4.99 Å². The minimum atomic E-state index is 0.731. The average Bonchev–Trinajstić information content (AvgIpc) is 3.00. The van der Waals surface area contributed by atoms with Crippen molar-refractivity contribution in [2.45, 2.75) is 20.4 Å². The zero-order chi connectivity index (χ0) is 18.5. The highest BCUT2D eigenvalue weighted by Gasteiger charge is 2.20. The molecule has 0 atom stereocenters. The van der Waals surface area contributed by atoms with Crippen molar-refractivity contribution in [1.82, 2.24) is 10.2 Å². The summed E-state index contributed by atoms with van der Waals surface area (Å²) in [6.45, 7) is 8.52. The van der Waals surface area contributed by atoms with E-state index in [0.717, 1.165) is 56.0 Å². The van der Waals surface area contributed by atoms with E-state index in [9.17, 15) is 0 Å². The number of rotatable bonds is 4. The van der Waals surface area contributed by atoms with Crippen molar-refractivity contribution in [3.8, 4) is 5.75 Å². The fraction of sp³-hybridized carbons (Fsp3) is 0.450. The van der Waals surface area contributed by atoms with E-state index >= 15 is 0 Å². The summed E-state index contributed by atoms with van der Waals surface area (Å²) in [6, 6.07) is 10.3. The molecular formula is C20H28N4O2. The first-order chi connectivity index (χ1) is 12.6. The predicted molar refractivity (Wildman–Crippen MR) is 105 cm³/mol. The molecule has 0 radical (unpaired) electrons. The molecule has 1 fully saturated rings. The second kappa shape index (κ2) is 8.17. The largest absolute Gasteiger partial charge is 0.497 e. The number of furan rings is 1. The number of nitrogens with zero attached hydrogens (tertiary/aromatic N) is 3. The van der Waals surface area contributed by atoms with E-state index in [1.165, 1.54) is 11.3 Å². The Morgan fingerprint density at radius 1 is 1.15 bits per heavy atom. The van der Waals surface area contributed by atoms with Gasteiger partial charge in [0.25, 0.3) is 0 Å². The second-order valence-electron chi connectivity index (χ2n) is 6.51. The molecule has 3 rings (SSSR count). The highest BCUT2D eigenvalue weighted by molar-refractivity contribution is 5.80. The van der Waals surface area contributed by atoms with Crippen molar-refractivity contribution in [3.05, 3.63) is 47.4 Å². The summed E-state index contributed by atoms with van der Waals surface area (Å²) in [5.41, 5.74) is 2.42. The lowest BCUT2D eigenvalue weighted by molar-refractivity contribution is 0.372. The van der Waals surface area contributed by atoms with Gasteiger partial charge in [-0.1, -0.05) is 0 Å². The van der Waals surface area contributed by atoms with Gasteiger partial charge in [-0.15, -0.1) is 0 Å². The highest BCUT2D eigenvalue weighted by atomic mass is 16.5. The van der Waals surface area contributed by atoms with Crippen molar-refractivity contribution in [3.63, 3.8) is 0 Å². The Morgan fingerprint density at radius 2 is 1.85 bits per heavy atom. The minimum absolute atomic E-state index is 0.731. The van der Waals surface area contributed by atoms with Gasteiger partial charge in [-0.05, 0) is 44.2 Å². The molecule has 1 N–H and O–H groups in total. The molecule has 0 bridgehead atoms. The van der Waals surface area contributed by atoms with E-state index in [1.807, 2.05) is 33.0 Å². The number of anilines is 1. The van der Waals surface area contributed by atoms with Crippen molar-refractivity contribution < 1.29 is 9.15 Å². The standard InChI is InChI=1S/C20H28N4O2/c1-15-13-17(16(2)26-15)14-22-20(21-3)24-11-9-23(10-12-24)18-5-7-19(25-4)8-6-18/h5-8,13H,9-12,14H2,1-4H3,(H,21,22). The Morgan fingerprint density at radius 3 is 2.38 bits per heavy atom. The molecule has 0 unspecified atom stereocenters. The lowest BCUT2D eigenvalue weighted by atomic mass is 10.2. The van der Waals surface area contributed by atoms with E-state index < -0.39 is 0 Å². The summed E-state index contributed by atoms with van der Waals surface area (Å²) < 4.78 is 10.8. The fourth-order valence-electron chi connectivity index (χ4n) is 3.34. The van der Waals surface area contributed by atoms with Gasteiger partial charge in [-0.3, -0.25) is 4.99 Å². The van der Waals surface area contributed by atoms with E-state index in [2.05, 4.69) is 38.3 Å². The van der Waals surface area contributed by atoms with Crippen LogP contribution < -0.4 is 15.0 Å². The van der Waals surface area contributed by atoms with Gasteiger partial charge >= 0.3 is 0 Å². The molecule has 6 nitrogen and oxygen atoms in total. The number of methoxy groups -OCH3 is 1. The van der Waals surface area contributed by atoms with Gasteiger partial charge in [-0.2, -0.15) is 0 Å². The number of nitrogens with one attached hydrogen (secondary N) is 1. The Hall–Kier alpha value is -2.63. The molecule has 1 aromatic heterocycles. The normalized spacial score (nSPS) is 15.3. The molecule has 1 aliphatic rings. The highest BCUT2D eigenvalue weighted by Crippen LogP contribution is 2.20. The van der Waals surface area contributed by atoms with Gasteiger partial charge < -0.3 is 24.3 Å². The molecule has 6 heteroatoms. The van der Waals surface area contributed by atoms with Crippen LogP contribution in [0.2, 0.25) is 0 Å². The van der Waals surface area contributed by atoms with Crippen LogP contribution in [0, 0.1) is 13.8 Å². The van der Waals surface area contributed by atoms with Crippen LogP contribution in [-0.4, -0.2) is 51.2 Å². The molecule has 0 saturated carbocycles. The smallest absolute Gasteiger partial charge is 0.194 e.